The Morgan fingerprint density at radius 1 is 1.27 bits per heavy atom. The number of fused-ring (bicyclic) bond motifs is 1. The van der Waals surface area contributed by atoms with E-state index in [0.717, 1.165) is 35.3 Å². The molecule has 1 atom stereocenters. The van der Waals surface area contributed by atoms with Crippen LogP contribution in [0.1, 0.15) is 37.9 Å². The maximum absolute atomic E-state index is 12.8. The van der Waals surface area contributed by atoms with Gasteiger partial charge in [-0.2, -0.15) is 5.10 Å². The number of anilines is 1. The van der Waals surface area contributed by atoms with Gasteiger partial charge >= 0.3 is 0 Å². The van der Waals surface area contributed by atoms with Crippen molar-refractivity contribution in [2.24, 2.45) is 5.41 Å². The second-order valence-corrected chi connectivity index (χ2v) is 8.80. The molecule has 0 saturated carbocycles. The molecule has 1 amide bonds. The Morgan fingerprint density at radius 2 is 2.07 bits per heavy atom. The summed E-state index contributed by atoms with van der Waals surface area (Å²) in [6.45, 7) is 7.15. The topological polar surface area (TPSA) is 81.9 Å². The van der Waals surface area contributed by atoms with Gasteiger partial charge in [-0.1, -0.05) is 25.4 Å². The van der Waals surface area contributed by atoms with Crippen LogP contribution < -0.4 is 10.1 Å². The monoisotopic (exact) mass is 425 g/mol. The average molecular weight is 426 g/mol. The first kappa shape index (κ1) is 20.3. The molecule has 4 rings (SSSR count). The molecule has 1 aliphatic rings. The Hall–Kier alpha value is -2.93. The normalized spacial score (nSPS) is 15.5. The largest absolute Gasteiger partial charge is 0.481 e. The minimum absolute atomic E-state index is 0.163. The number of nitrogens with zero attached hydrogens (tertiary/aromatic N) is 4. The van der Waals surface area contributed by atoms with Crippen LogP contribution >= 0.6 is 11.6 Å². The zero-order chi connectivity index (χ0) is 21.5. The summed E-state index contributed by atoms with van der Waals surface area (Å²) < 4.78 is 7.18. The molecule has 0 fully saturated rings. The van der Waals surface area contributed by atoms with Gasteiger partial charge in [-0.05, 0) is 36.5 Å². The van der Waals surface area contributed by atoms with E-state index in [1.54, 1.807) is 31.6 Å². The van der Waals surface area contributed by atoms with Gasteiger partial charge in [0.15, 0.2) is 0 Å². The van der Waals surface area contributed by atoms with E-state index in [1.807, 2.05) is 23.9 Å². The van der Waals surface area contributed by atoms with Gasteiger partial charge in [-0.25, -0.2) is 9.97 Å². The van der Waals surface area contributed by atoms with E-state index >= 15 is 0 Å². The SMILES string of the molecule is COc1cc([C@H](C)C(=O)Nc2cc(-c3cnn4c3CC(C)(C)C4)c(Cl)cn2)ccn1. The number of nitrogens with one attached hydrogen (secondary N) is 1. The number of carbonyl (C=O) groups is 1. The van der Waals surface area contributed by atoms with Crippen molar-refractivity contribution >= 4 is 23.3 Å². The number of carbonyl (C=O) groups excluding carboxylic acids is 1. The maximum atomic E-state index is 12.8. The number of ether oxygens (including phenoxy) is 1. The lowest BCUT2D eigenvalue weighted by Gasteiger charge is -2.15. The average Bonchev–Trinajstić information content (AvgIpc) is 3.23. The molecule has 0 unspecified atom stereocenters. The van der Waals surface area contributed by atoms with Crippen LogP contribution in [-0.2, 0) is 17.8 Å². The minimum Gasteiger partial charge on any atom is -0.481 e. The van der Waals surface area contributed by atoms with Gasteiger partial charge in [-0.15, -0.1) is 0 Å². The Kier molecular flexibility index (Phi) is 5.24. The van der Waals surface area contributed by atoms with Crippen LogP contribution in [0.2, 0.25) is 5.02 Å². The predicted molar refractivity (Wildman–Crippen MR) is 116 cm³/mol. The van der Waals surface area contributed by atoms with Crippen molar-refractivity contribution in [2.45, 2.75) is 39.7 Å². The first-order chi connectivity index (χ1) is 14.3. The van der Waals surface area contributed by atoms with Gasteiger partial charge in [0.1, 0.15) is 5.82 Å². The molecule has 4 heterocycles. The number of aromatic nitrogens is 4. The van der Waals surface area contributed by atoms with Gasteiger partial charge in [0.2, 0.25) is 11.8 Å². The Balaban J connectivity index is 1.58. The summed E-state index contributed by atoms with van der Waals surface area (Å²) in [6, 6.07) is 5.36. The van der Waals surface area contributed by atoms with Crippen LogP contribution in [0.5, 0.6) is 5.88 Å². The fourth-order valence-corrected chi connectivity index (χ4v) is 3.98. The second-order valence-electron chi connectivity index (χ2n) is 8.40. The summed E-state index contributed by atoms with van der Waals surface area (Å²) in [5, 5.41) is 7.94. The van der Waals surface area contributed by atoms with Crippen molar-refractivity contribution in [2.75, 3.05) is 12.4 Å². The maximum Gasteiger partial charge on any atom is 0.232 e. The fraction of sp³-hybridized carbons (Fsp3) is 0.364. The Labute approximate surface area is 180 Å². The van der Waals surface area contributed by atoms with Crippen molar-refractivity contribution in [1.82, 2.24) is 19.7 Å². The van der Waals surface area contributed by atoms with Crippen LogP contribution in [0.25, 0.3) is 11.1 Å². The van der Waals surface area contributed by atoms with Crippen molar-refractivity contribution < 1.29 is 9.53 Å². The van der Waals surface area contributed by atoms with Crippen LogP contribution in [-0.4, -0.2) is 32.8 Å². The molecule has 156 valence electrons. The fourth-order valence-electron chi connectivity index (χ4n) is 3.78. The molecule has 0 saturated heterocycles. The van der Waals surface area contributed by atoms with Crippen LogP contribution in [0.3, 0.4) is 0 Å². The smallest absolute Gasteiger partial charge is 0.232 e. The standard InChI is InChI=1S/C22H24ClN5O2/c1-13(14-5-6-24-20(7-14)30-4)21(29)27-19-8-15(17(23)11-25-19)16-10-26-28-12-22(2,3)9-18(16)28/h5-8,10-11,13H,9,12H2,1-4H3,(H,25,27,29)/t13-/m0/s1. The summed E-state index contributed by atoms with van der Waals surface area (Å²) in [4.78, 5) is 21.2. The van der Waals surface area contributed by atoms with E-state index in [0.29, 0.717) is 16.7 Å². The molecule has 0 aromatic carbocycles. The third kappa shape index (κ3) is 3.89. The third-order valence-corrected chi connectivity index (χ3v) is 5.73. The van der Waals surface area contributed by atoms with E-state index in [9.17, 15) is 4.79 Å². The van der Waals surface area contributed by atoms with E-state index in [-0.39, 0.29) is 11.3 Å². The summed E-state index contributed by atoms with van der Waals surface area (Å²) in [5.41, 5.74) is 3.93. The number of halogens is 1. The highest BCUT2D eigenvalue weighted by atomic mass is 35.5. The van der Waals surface area contributed by atoms with Crippen molar-refractivity contribution in [3.63, 3.8) is 0 Å². The summed E-state index contributed by atoms with van der Waals surface area (Å²) >= 11 is 6.46. The molecular weight excluding hydrogens is 402 g/mol. The zero-order valence-corrected chi connectivity index (χ0v) is 18.2. The number of pyridine rings is 2. The van der Waals surface area contributed by atoms with Gasteiger partial charge in [0, 0.05) is 41.8 Å². The van der Waals surface area contributed by atoms with Crippen molar-refractivity contribution in [3.8, 4) is 17.0 Å². The van der Waals surface area contributed by atoms with Gasteiger partial charge in [0.25, 0.3) is 0 Å². The van der Waals surface area contributed by atoms with E-state index in [4.69, 9.17) is 16.3 Å². The molecule has 1 N–H and O–H groups in total. The van der Waals surface area contributed by atoms with Gasteiger partial charge in [-0.3, -0.25) is 9.48 Å². The number of rotatable bonds is 5. The predicted octanol–water partition coefficient (Wildman–Crippen LogP) is 4.33. The number of hydrogen-bond acceptors (Lipinski definition) is 5. The highest BCUT2D eigenvalue weighted by Gasteiger charge is 2.32. The van der Waals surface area contributed by atoms with Gasteiger partial charge in [0.05, 0.1) is 24.2 Å². The molecule has 0 aliphatic carbocycles. The molecule has 30 heavy (non-hydrogen) atoms. The third-order valence-electron chi connectivity index (χ3n) is 5.43. The number of methoxy groups -OCH3 is 1. The number of hydrogen-bond donors (Lipinski definition) is 1. The molecular formula is C22H24ClN5O2. The first-order valence-corrected chi connectivity index (χ1v) is 10.2. The summed E-state index contributed by atoms with van der Waals surface area (Å²) in [6.07, 6.45) is 5.95. The minimum atomic E-state index is -0.399. The quantitative estimate of drug-likeness (QED) is 0.658. The first-order valence-electron chi connectivity index (χ1n) is 9.79. The number of amides is 1. The van der Waals surface area contributed by atoms with E-state index in [1.165, 1.54) is 0 Å². The molecule has 3 aromatic rings. The molecule has 7 nitrogen and oxygen atoms in total. The molecule has 1 aliphatic heterocycles. The second kappa shape index (κ2) is 7.72. The van der Waals surface area contributed by atoms with E-state index < -0.39 is 5.92 Å². The Morgan fingerprint density at radius 3 is 2.83 bits per heavy atom. The molecule has 0 spiro atoms. The van der Waals surface area contributed by atoms with Gasteiger partial charge < -0.3 is 10.1 Å². The van der Waals surface area contributed by atoms with Crippen LogP contribution in [0.15, 0.2) is 36.8 Å². The highest BCUT2D eigenvalue weighted by Crippen LogP contribution is 2.39. The molecule has 3 aromatic heterocycles. The molecule has 0 bridgehead atoms. The van der Waals surface area contributed by atoms with Crippen molar-refractivity contribution in [1.29, 1.82) is 0 Å². The lowest BCUT2D eigenvalue weighted by atomic mass is 9.89. The van der Waals surface area contributed by atoms with Crippen LogP contribution in [0, 0.1) is 5.41 Å². The zero-order valence-electron chi connectivity index (χ0n) is 17.4. The van der Waals surface area contributed by atoms with Crippen molar-refractivity contribution in [3.05, 3.63) is 53.1 Å². The highest BCUT2D eigenvalue weighted by molar-refractivity contribution is 6.33. The summed E-state index contributed by atoms with van der Waals surface area (Å²) in [7, 11) is 1.55. The molecule has 8 heteroatoms. The summed E-state index contributed by atoms with van der Waals surface area (Å²) in [5.74, 6) is 0.343. The lowest BCUT2D eigenvalue weighted by molar-refractivity contribution is -0.117. The Bertz CT molecular complexity index is 1110. The molecule has 0 radical (unpaired) electrons. The van der Waals surface area contributed by atoms with E-state index in [2.05, 4.69) is 34.2 Å². The lowest BCUT2D eigenvalue weighted by Crippen LogP contribution is -2.19. The van der Waals surface area contributed by atoms with Crippen LogP contribution in [0.4, 0.5) is 5.82 Å².